The van der Waals surface area contributed by atoms with Gasteiger partial charge in [0, 0.05) is 25.5 Å². The van der Waals surface area contributed by atoms with Crippen LogP contribution in [0.25, 0.3) is 0 Å². The first-order chi connectivity index (χ1) is 11.2. The van der Waals surface area contributed by atoms with Gasteiger partial charge >= 0.3 is 0 Å². The van der Waals surface area contributed by atoms with E-state index in [1.54, 1.807) is 0 Å². The van der Waals surface area contributed by atoms with Crippen LogP contribution in [0.3, 0.4) is 0 Å². The van der Waals surface area contributed by atoms with Crippen molar-refractivity contribution in [1.82, 2.24) is 0 Å². The van der Waals surface area contributed by atoms with Crippen molar-refractivity contribution in [3.8, 4) is 11.5 Å². The fourth-order valence-corrected chi connectivity index (χ4v) is 2.88. The molecule has 24 heavy (non-hydrogen) atoms. The van der Waals surface area contributed by atoms with Crippen molar-refractivity contribution in [3.05, 3.63) is 72.8 Å². The molecule has 4 rings (SSSR count). The Kier molecular flexibility index (Phi) is 4.15. The standard InChI is InChI=1S/C20H18N2O.H2O/c1-21(2)15-11-13-16(14-12-15)22-17-7-3-5-9-19(17)23-20-10-6-4-8-18(20)22;/h3-14H,1-2H3;1H2. The van der Waals surface area contributed by atoms with Crippen LogP contribution in [0.1, 0.15) is 0 Å². The molecule has 1 heterocycles. The Labute approximate surface area is 141 Å². The van der Waals surface area contributed by atoms with E-state index in [1.165, 1.54) is 5.69 Å². The maximum atomic E-state index is 6.04. The summed E-state index contributed by atoms with van der Waals surface area (Å²) in [5, 5.41) is 0. The molecule has 1 aliphatic heterocycles. The van der Waals surface area contributed by atoms with E-state index in [0.29, 0.717) is 0 Å². The van der Waals surface area contributed by atoms with Crippen molar-refractivity contribution in [1.29, 1.82) is 0 Å². The summed E-state index contributed by atoms with van der Waals surface area (Å²) < 4.78 is 6.04. The first kappa shape index (κ1) is 15.9. The maximum Gasteiger partial charge on any atom is 0.151 e. The summed E-state index contributed by atoms with van der Waals surface area (Å²) in [5.41, 5.74) is 4.43. The second kappa shape index (κ2) is 6.26. The number of nitrogens with zero attached hydrogens (tertiary/aromatic N) is 2. The zero-order valence-electron chi connectivity index (χ0n) is 13.7. The minimum absolute atomic E-state index is 0. The third kappa shape index (κ3) is 2.57. The molecule has 0 bridgehead atoms. The average Bonchev–Trinajstić information content (AvgIpc) is 2.59. The lowest BCUT2D eigenvalue weighted by Crippen LogP contribution is -2.16. The van der Waals surface area contributed by atoms with Crippen LogP contribution in [-0.4, -0.2) is 19.6 Å². The minimum Gasteiger partial charge on any atom is -0.453 e. The molecule has 3 aromatic carbocycles. The predicted octanol–water partition coefficient (Wildman–Crippen LogP) is 4.50. The SMILES string of the molecule is CN(C)c1ccc(N2c3ccccc3Oc3ccccc32)cc1.O. The molecular formula is C20H20N2O2. The highest BCUT2D eigenvalue weighted by Gasteiger charge is 2.24. The highest BCUT2D eigenvalue weighted by Crippen LogP contribution is 2.49. The predicted molar refractivity (Wildman–Crippen MR) is 99.1 cm³/mol. The molecule has 0 atom stereocenters. The van der Waals surface area contributed by atoms with Gasteiger partial charge in [-0.15, -0.1) is 0 Å². The first-order valence-corrected chi connectivity index (χ1v) is 7.67. The van der Waals surface area contributed by atoms with Gasteiger partial charge in [-0.05, 0) is 48.5 Å². The molecule has 1 aliphatic rings. The second-order valence-corrected chi connectivity index (χ2v) is 5.78. The Morgan fingerprint density at radius 3 is 1.71 bits per heavy atom. The van der Waals surface area contributed by atoms with Gasteiger partial charge in [-0.2, -0.15) is 0 Å². The lowest BCUT2D eigenvalue weighted by molar-refractivity contribution is 0.477. The summed E-state index contributed by atoms with van der Waals surface area (Å²) >= 11 is 0. The van der Waals surface area contributed by atoms with Crippen molar-refractivity contribution in [2.24, 2.45) is 0 Å². The molecule has 0 aromatic heterocycles. The van der Waals surface area contributed by atoms with Gasteiger partial charge in [-0.1, -0.05) is 24.3 Å². The highest BCUT2D eigenvalue weighted by molar-refractivity contribution is 5.86. The molecule has 122 valence electrons. The van der Waals surface area contributed by atoms with Crippen molar-refractivity contribution >= 4 is 22.7 Å². The van der Waals surface area contributed by atoms with E-state index >= 15 is 0 Å². The van der Waals surface area contributed by atoms with Crippen molar-refractivity contribution < 1.29 is 10.2 Å². The van der Waals surface area contributed by atoms with E-state index in [0.717, 1.165) is 28.6 Å². The normalized spacial score (nSPS) is 11.7. The monoisotopic (exact) mass is 320 g/mol. The van der Waals surface area contributed by atoms with E-state index in [4.69, 9.17) is 4.74 Å². The molecule has 0 amide bonds. The number of hydrogen-bond acceptors (Lipinski definition) is 3. The second-order valence-electron chi connectivity index (χ2n) is 5.78. The molecule has 0 spiro atoms. The lowest BCUT2D eigenvalue weighted by atomic mass is 10.1. The highest BCUT2D eigenvalue weighted by atomic mass is 16.5. The summed E-state index contributed by atoms with van der Waals surface area (Å²) in [5.74, 6) is 1.76. The Bertz CT molecular complexity index is 799. The van der Waals surface area contributed by atoms with Gasteiger partial charge in [0.05, 0.1) is 11.4 Å². The number of ether oxygens (including phenoxy) is 1. The number of rotatable bonds is 2. The summed E-state index contributed by atoms with van der Waals surface area (Å²) in [7, 11) is 4.10. The third-order valence-electron chi connectivity index (χ3n) is 4.06. The van der Waals surface area contributed by atoms with E-state index in [2.05, 4.69) is 46.2 Å². The van der Waals surface area contributed by atoms with Crippen LogP contribution < -0.4 is 14.5 Å². The Morgan fingerprint density at radius 2 is 1.21 bits per heavy atom. The van der Waals surface area contributed by atoms with Crippen molar-refractivity contribution in [2.75, 3.05) is 23.9 Å². The van der Waals surface area contributed by atoms with Gasteiger partial charge in [0.25, 0.3) is 0 Å². The van der Waals surface area contributed by atoms with Crippen LogP contribution in [0.4, 0.5) is 22.7 Å². The molecule has 3 aromatic rings. The maximum absolute atomic E-state index is 6.04. The van der Waals surface area contributed by atoms with Crippen LogP contribution in [-0.2, 0) is 0 Å². The number of benzene rings is 3. The van der Waals surface area contributed by atoms with E-state index in [1.807, 2.05) is 50.5 Å². The zero-order chi connectivity index (χ0) is 15.8. The topological polar surface area (TPSA) is 47.2 Å². The molecule has 4 nitrogen and oxygen atoms in total. The summed E-state index contributed by atoms with van der Waals surface area (Å²) in [4.78, 5) is 4.35. The lowest BCUT2D eigenvalue weighted by Gasteiger charge is -2.32. The van der Waals surface area contributed by atoms with Crippen LogP contribution in [0.2, 0.25) is 0 Å². The summed E-state index contributed by atoms with van der Waals surface area (Å²) in [6.45, 7) is 0. The van der Waals surface area contributed by atoms with Gasteiger partial charge in [-0.3, -0.25) is 0 Å². The molecular weight excluding hydrogens is 300 g/mol. The average molecular weight is 320 g/mol. The quantitative estimate of drug-likeness (QED) is 0.546. The van der Waals surface area contributed by atoms with Crippen molar-refractivity contribution in [2.45, 2.75) is 0 Å². The number of hydrogen-bond donors (Lipinski definition) is 0. The molecule has 4 heteroatoms. The summed E-state index contributed by atoms with van der Waals surface area (Å²) in [6, 6.07) is 24.8. The molecule has 0 radical (unpaired) electrons. The molecule has 0 fully saturated rings. The third-order valence-corrected chi connectivity index (χ3v) is 4.06. The van der Waals surface area contributed by atoms with Gasteiger partial charge in [0.1, 0.15) is 0 Å². The van der Waals surface area contributed by atoms with Crippen molar-refractivity contribution in [3.63, 3.8) is 0 Å². The number of anilines is 4. The first-order valence-electron chi connectivity index (χ1n) is 7.67. The van der Waals surface area contributed by atoms with Crippen LogP contribution in [0.5, 0.6) is 11.5 Å². The van der Waals surface area contributed by atoms with Crippen LogP contribution in [0, 0.1) is 0 Å². The van der Waals surface area contributed by atoms with Gasteiger partial charge in [0.15, 0.2) is 11.5 Å². The van der Waals surface area contributed by atoms with Crippen LogP contribution >= 0.6 is 0 Å². The van der Waals surface area contributed by atoms with Gasteiger partial charge in [-0.25, -0.2) is 0 Å². The fraction of sp³-hybridized carbons (Fsp3) is 0.100. The van der Waals surface area contributed by atoms with Crippen LogP contribution in [0.15, 0.2) is 72.8 Å². The largest absolute Gasteiger partial charge is 0.453 e. The summed E-state index contributed by atoms with van der Waals surface area (Å²) in [6.07, 6.45) is 0. The van der Waals surface area contributed by atoms with Gasteiger partial charge < -0.3 is 20.0 Å². The Morgan fingerprint density at radius 1 is 0.708 bits per heavy atom. The van der Waals surface area contributed by atoms with E-state index in [9.17, 15) is 0 Å². The van der Waals surface area contributed by atoms with E-state index in [-0.39, 0.29) is 5.48 Å². The zero-order valence-corrected chi connectivity index (χ0v) is 13.7. The minimum atomic E-state index is 0. The van der Waals surface area contributed by atoms with Gasteiger partial charge in [0.2, 0.25) is 0 Å². The smallest absolute Gasteiger partial charge is 0.151 e. The Hall–Kier alpha value is -2.98. The Balaban J connectivity index is 0.00000169. The number of fused-ring (bicyclic) bond motifs is 2. The molecule has 2 N–H and O–H groups in total. The number of para-hydroxylation sites is 4. The molecule has 0 unspecified atom stereocenters. The molecule has 0 aliphatic carbocycles. The van der Waals surface area contributed by atoms with E-state index < -0.39 is 0 Å². The molecule has 0 saturated carbocycles. The molecule has 0 saturated heterocycles. The fourth-order valence-electron chi connectivity index (χ4n) is 2.88.